The van der Waals surface area contributed by atoms with Crippen molar-refractivity contribution in [1.82, 2.24) is 20.2 Å². The van der Waals surface area contributed by atoms with Crippen LogP contribution in [0.4, 0.5) is 5.95 Å². The molecule has 0 radical (unpaired) electrons. The second-order valence-corrected chi connectivity index (χ2v) is 7.47. The van der Waals surface area contributed by atoms with Gasteiger partial charge in [-0.05, 0) is 31.7 Å². The van der Waals surface area contributed by atoms with E-state index in [-0.39, 0.29) is 25.0 Å². The van der Waals surface area contributed by atoms with E-state index in [0.29, 0.717) is 18.5 Å². The number of aliphatic hydroxyl groups excluding tert-OH is 1. The summed E-state index contributed by atoms with van der Waals surface area (Å²) in [4.78, 5) is 25.1. The molecule has 8 nitrogen and oxygen atoms in total. The molecule has 0 aliphatic carbocycles. The summed E-state index contributed by atoms with van der Waals surface area (Å²) in [5, 5.41) is 22.2. The Kier molecular flexibility index (Phi) is 4.74. The number of nitrogens with one attached hydrogen (secondary N) is 1. The maximum absolute atomic E-state index is 12.4. The van der Waals surface area contributed by atoms with Gasteiger partial charge in [0, 0.05) is 43.5 Å². The minimum absolute atomic E-state index is 0.103. The molecule has 1 aromatic rings. The number of hydrogen-bond donors (Lipinski definition) is 2. The first-order valence-corrected chi connectivity index (χ1v) is 9.31. The number of carbonyl (C=O) groups is 1. The van der Waals surface area contributed by atoms with Crippen molar-refractivity contribution in [2.24, 2.45) is 0 Å². The molecule has 1 amide bonds. The van der Waals surface area contributed by atoms with E-state index < -0.39 is 12.1 Å². The summed E-state index contributed by atoms with van der Waals surface area (Å²) < 4.78 is 0. The van der Waals surface area contributed by atoms with Crippen molar-refractivity contribution in [3.63, 3.8) is 0 Å². The lowest BCUT2D eigenvalue weighted by Crippen LogP contribution is -2.52. The molecule has 3 saturated heterocycles. The van der Waals surface area contributed by atoms with Crippen molar-refractivity contribution in [3.05, 3.63) is 18.5 Å². The van der Waals surface area contributed by atoms with Crippen LogP contribution in [0.15, 0.2) is 18.5 Å². The predicted molar refractivity (Wildman–Crippen MR) is 94.1 cm³/mol. The van der Waals surface area contributed by atoms with Crippen LogP contribution in [-0.2, 0) is 4.79 Å². The van der Waals surface area contributed by atoms with Gasteiger partial charge in [0.1, 0.15) is 6.04 Å². The summed E-state index contributed by atoms with van der Waals surface area (Å²) >= 11 is 0. The molecule has 138 valence electrons. The van der Waals surface area contributed by atoms with Gasteiger partial charge in [-0.1, -0.05) is 0 Å². The summed E-state index contributed by atoms with van der Waals surface area (Å²) in [5.74, 6) is 0.701. The van der Waals surface area contributed by atoms with Gasteiger partial charge in [-0.15, -0.1) is 0 Å². The maximum atomic E-state index is 12.4. The van der Waals surface area contributed by atoms with Gasteiger partial charge in [-0.25, -0.2) is 9.97 Å². The van der Waals surface area contributed by atoms with Crippen molar-refractivity contribution >= 4 is 11.9 Å². The minimum Gasteiger partial charge on any atom is -0.391 e. The Labute approximate surface area is 152 Å². The van der Waals surface area contributed by atoms with E-state index in [1.807, 2.05) is 6.07 Å². The van der Waals surface area contributed by atoms with Crippen LogP contribution in [-0.4, -0.2) is 69.2 Å². The summed E-state index contributed by atoms with van der Waals surface area (Å²) in [6, 6.07) is 4.52. The first kappa shape index (κ1) is 17.2. The maximum Gasteiger partial charge on any atom is 0.237 e. The van der Waals surface area contributed by atoms with Gasteiger partial charge in [0.05, 0.1) is 18.7 Å². The van der Waals surface area contributed by atoms with Crippen LogP contribution in [0.5, 0.6) is 0 Å². The van der Waals surface area contributed by atoms with E-state index in [1.54, 1.807) is 12.4 Å². The van der Waals surface area contributed by atoms with Crippen LogP contribution in [0.1, 0.15) is 32.1 Å². The van der Waals surface area contributed by atoms with E-state index in [0.717, 1.165) is 31.6 Å². The Morgan fingerprint density at radius 2 is 1.96 bits per heavy atom. The fourth-order valence-corrected chi connectivity index (χ4v) is 4.64. The number of rotatable bonds is 4. The molecule has 0 aromatic carbocycles. The number of carbonyl (C=O) groups excluding carboxylic acids is 1. The van der Waals surface area contributed by atoms with Crippen LogP contribution in [0.25, 0.3) is 0 Å². The number of nitriles is 1. The van der Waals surface area contributed by atoms with E-state index in [1.165, 1.54) is 4.90 Å². The normalized spacial score (nSPS) is 33.3. The van der Waals surface area contributed by atoms with Gasteiger partial charge in [0.15, 0.2) is 0 Å². The Hall–Kier alpha value is -2.24. The van der Waals surface area contributed by atoms with Crippen molar-refractivity contribution in [2.45, 2.75) is 62.4 Å². The standard InChI is InChI=1S/C18H24N6O2/c19-9-15-8-16(25)11-23(15)17(26)10-22-12-6-13-2-3-14(7-12)24(13)18-20-4-1-5-21-18/h1,4-5,12-16,22,25H,2-3,6-8,10-11H2/t12?,13?,14?,15-,16+/m0/s1. The van der Waals surface area contributed by atoms with Crippen LogP contribution >= 0.6 is 0 Å². The molecule has 3 aliphatic rings. The molecule has 3 aliphatic heterocycles. The summed E-state index contributed by atoms with van der Waals surface area (Å²) in [7, 11) is 0. The lowest BCUT2D eigenvalue weighted by molar-refractivity contribution is -0.130. The minimum atomic E-state index is -0.589. The Morgan fingerprint density at radius 1 is 1.27 bits per heavy atom. The SMILES string of the molecule is N#C[C@@H]1C[C@@H](O)CN1C(=O)CNC1CC2CCC(C1)N2c1ncccn1. The number of nitrogens with zero attached hydrogens (tertiary/aromatic N) is 5. The number of likely N-dealkylation sites (tertiary alicyclic amines) is 1. The number of aromatic nitrogens is 2. The number of aliphatic hydroxyl groups is 1. The third-order valence-corrected chi connectivity index (χ3v) is 5.81. The van der Waals surface area contributed by atoms with Gasteiger partial charge < -0.3 is 20.2 Å². The van der Waals surface area contributed by atoms with E-state index in [9.17, 15) is 9.90 Å². The smallest absolute Gasteiger partial charge is 0.237 e. The molecular weight excluding hydrogens is 332 g/mol. The highest BCUT2D eigenvalue weighted by atomic mass is 16.3. The van der Waals surface area contributed by atoms with Gasteiger partial charge in [0.25, 0.3) is 0 Å². The highest BCUT2D eigenvalue weighted by Gasteiger charge is 2.42. The first-order chi connectivity index (χ1) is 12.7. The van der Waals surface area contributed by atoms with Crippen LogP contribution < -0.4 is 10.2 Å². The van der Waals surface area contributed by atoms with E-state index in [4.69, 9.17) is 5.26 Å². The zero-order chi connectivity index (χ0) is 18.1. The number of amides is 1. The average molecular weight is 356 g/mol. The molecular formula is C18H24N6O2. The van der Waals surface area contributed by atoms with Gasteiger partial charge >= 0.3 is 0 Å². The first-order valence-electron chi connectivity index (χ1n) is 9.31. The molecule has 2 N–H and O–H groups in total. The molecule has 8 heteroatoms. The monoisotopic (exact) mass is 356 g/mol. The van der Waals surface area contributed by atoms with Crippen molar-refractivity contribution < 1.29 is 9.90 Å². The van der Waals surface area contributed by atoms with Crippen molar-refractivity contribution in [2.75, 3.05) is 18.0 Å². The van der Waals surface area contributed by atoms with Crippen LogP contribution in [0.3, 0.4) is 0 Å². The zero-order valence-electron chi connectivity index (χ0n) is 14.7. The van der Waals surface area contributed by atoms with Crippen LogP contribution in [0, 0.1) is 11.3 Å². The molecule has 4 rings (SSSR count). The molecule has 26 heavy (non-hydrogen) atoms. The molecule has 0 saturated carbocycles. The number of fused-ring (bicyclic) bond motifs is 2. The lowest BCUT2D eigenvalue weighted by atomic mass is 9.97. The third kappa shape index (κ3) is 3.24. The molecule has 4 atom stereocenters. The van der Waals surface area contributed by atoms with Crippen molar-refractivity contribution in [1.29, 1.82) is 5.26 Å². The zero-order valence-corrected chi connectivity index (χ0v) is 14.7. The quantitative estimate of drug-likeness (QED) is 0.785. The Bertz CT molecular complexity index is 679. The molecule has 1 aromatic heterocycles. The molecule has 2 bridgehead atoms. The fraction of sp³-hybridized carbons (Fsp3) is 0.667. The molecule has 4 heterocycles. The number of anilines is 1. The van der Waals surface area contributed by atoms with Gasteiger partial charge in [-0.2, -0.15) is 5.26 Å². The molecule has 2 unspecified atom stereocenters. The van der Waals surface area contributed by atoms with Crippen LogP contribution in [0.2, 0.25) is 0 Å². The summed E-state index contributed by atoms with van der Waals surface area (Å²) in [6.07, 6.45) is 7.50. The second kappa shape index (κ2) is 7.17. The summed E-state index contributed by atoms with van der Waals surface area (Å²) in [5.41, 5.74) is 0. The van der Waals surface area contributed by atoms with Gasteiger partial charge in [0.2, 0.25) is 11.9 Å². The number of piperidine rings is 1. The topological polar surface area (TPSA) is 105 Å². The number of hydrogen-bond acceptors (Lipinski definition) is 7. The average Bonchev–Trinajstić information content (AvgIpc) is 3.17. The lowest BCUT2D eigenvalue weighted by Gasteiger charge is -2.39. The summed E-state index contributed by atoms with van der Waals surface area (Å²) in [6.45, 7) is 0.477. The molecule has 3 fully saturated rings. The highest BCUT2D eigenvalue weighted by Crippen LogP contribution is 2.37. The second-order valence-electron chi connectivity index (χ2n) is 7.47. The highest BCUT2D eigenvalue weighted by molar-refractivity contribution is 5.79. The fourth-order valence-electron chi connectivity index (χ4n) is 4.64. The largest absolute Gasteiger partial charge is 0.391 e. The van der Waals surface area contributed by atoms with E-state index in [2.05, 4.69) is 26.3 Å². The van der Waals surface area contributed by atoms with Crippen molar-refractivity contribution in [3.8, 4) is 6.07 Å². The van der Waals surface area contributed by atoms with E-state index >= 15 is 0 Å². The number of β-amino-alcohol motifs (C(OH)–C–C–N with tert-alkyl or cyclic N) is 1. The third-order valence-electron chi connectivity index (χ3n) is 5.81. The predicted octanol–water partition coefficient (Wildman–Crippen LogP) is 0.0514. The Balaban J connectivity index is 1.33. The molecule has 0 spiro atoms. The van der Waals surface area contributed by atoms with Gasteiger partial charge in [-0.3, -0.25) is 4.79 Å². The Morgan fingerprint density at radius 3 is 2.62 bits per heavy atom.